The van der Waals surface area contributed by atoms with Crippen LogP contribution in [0.2, 0.25) is 0 Å². The third kappa shape index (κ3) is 3.27. The number of imidazole rings is 2. The predicted molar refractivity (Wildman–Crippen MR) is 101 cm³/mol. The molecule has 6 heteroatoms. The van der Waals surface area contributed by atoms with Crippen LogP contribution in [-0.2, 0) is 17.8 Å². The fourth-order valence-electron chi connectivity index (χ4n) is 3.93. The first-order valence-electron chi connectivity index (χ1n) is 9.51. The molecule has 138 valence electrons. The first-order chi connectivity index (χ1) is 12.8. The van der Waals surface area contributed by atoms with Gasteiger partial charge in [-0.1, -0.05) is 6.07 Å². The van der Waals surface area contributed by atoms with Crippen LogP contribution in [0.5, 0.6) is 0 Å². The van der Waals surface area contributed by atoms with Crippen molar-refractivity contribution in [2.24, 2.45) is 5.92 Å². The molecule has 1 saturated heterocycles. The second-order valence-electron chi connectivity index (χ2n) is 7.01. The molecule has 0 unspecified atom stereocenters. The highest BCUT2D eigenvalue weighted by Crippen LogP contribution is 2.29. The van der Waals surface area contributed by atoms with Crippen molar-refractivity contribution < 1.29 is 4.74 Å². The maximum Gasteiger partial charge on any atom is 0.139 e. The molecule has 1 atom stereocenters. The summed E-state index contributed by atoms with van der Waals surface area (Å²) in [5.41, 5.74) is 3.40. The van der Waals surface area contributed by atoms with E-state index in [0.717, 1.165) is 50.6 Å². The Morgan fingerprint density at radius 3 is 2.92 bits per heavy atom. The van der Waals surface area contributed by atoms with Gasteiger partial charge in [0.25, 0.3) is 0 Å². The van der Waals surface area contributed by atoms with Gasteiger partial charge in [-0.05, 0) is 44.2 Å². The molecule has 26 heavy (non-hydrogen) atoms. The number of aryl methyl sites for hydroxylation is 2. The molecule has 0 aliphatic carbocycles. The van der Waals surface area contributed by atoms with Crippen molar-refractivity contribution in [2.45, 2.75) is 45.8 Å². The first kappa shape index (κ1) is 17.2. The van der Waals surface area contributed by atoms with E-state index in [1.165, 1.54) is 11.3 Å². The molecule has 6 nitrogen and oxygen atoms in total. The molecule has 4 heterocycles. The van der Waals surface area contributed by atoms with Crippen LogP contribution in [0.4, 0.5) is 0 Å². The normalized spacial score (nSPS) is 17.0. The summed E-state index contributed by atoms with van der Waals surface area (Å²) in [5, 5.41) is 3.78. The van der Waals surface area contributed by atoms with E-state index >= 15 is 0 Å². The van der Waals surface area contributed by atoms with Crippen molar-refractivity contribution in [3.05, 3.63) is 54.0 Å². The second kappa shape index (κ2) is 7.60. The van der Waals surface area contributed by atoms with Crippen LogP contribution in [0, 0.1) is 12.8 Å². The number of pyridine rings is 1. The zero-order valence-corrected chi connectivity index (χ0v) is 15.6. The average molecular weight is 353 g/mol. The quantitative estimate of drug-likeness (QED) is 0.740. The van der Waals surface area contributed by atoms with Gasteiger partial charge in [-0.15, -0.1) is 0 Å². The Labute approximate surface area is 154 Å². The van der Waals surface area contributed by atoms with Gasteiger partial charge in [0.1, 0.15) is 11.5 Å². The van der Waals surface area contributed by atoms with Crippen LogP contribution < -0.4 is 5.32 Å². The van der Waals surface area contributed by atoms with Crippen LogP contribution in [0.3, 0.4) is 0 Å². The van der Waals surface area contributed by atoms with Crippen LogP contribution >= 0.6 is 0 Å². The number of hydrogen-bond acceptors (Lipinski definition) is 4. The minimum absolute atomic E-state index is 0.226. The van der Waals surface area contributed by atoms with E-state index in [0.29, 0.717) is 5.92 Å². The predicted octanol–water partition coefficient (Wildman–Crippen LogP) is 3.12. The highest BCUT2D eigenvalue weighted by Gasteiger charge is 2.28. The third-order valence-corrected chi connectivity index (χ3v) is 5.41. The Kier molecular flexibility index (Phi) is 5.04. The fraction of sp³-hybridized carbons (Fsp3) is 0.500. The third-order valence-electron chi connectivity index (χ3n) is 5.41. The lowest BCUT2D eigenvalue weighted by molar-refractivity contribution is 0.0516. The van der Waals surface area contributed by atoms with Crippen LogP contribution in [0.25, 0.3) is 5.65 Å². The highest BCUT2D eigenvalue weighted by molar-refractivity contribution is 5.48. The summed E-state index contributed by atoms with van der Waals surface area (Å²) < 4.78 is 9.99. The zero-order chi connectivity index (χ0) is 17.9. The van der Waals surface area contributed by atoms with Crippen molar-refractivity contribution in [3.8, 4) is 0 Å². The molecular formula is C20H27N5O. The second-order valence-corrected chi connectivity index (χ2v) is 7.01. The van der Waals surface area contributed by atoms with Gasteiger partial charge < -0.3 is 19.0 Å². The van der Waals surface area contributed by atoms with E-state index < -0.39 is 0 Å². The summed E-state index contributed by atoms with van der Waals surface area (Å²) in [6.07, 6.45) is 10.2. The first-order valence-corrected chi connectivity index (χ1v) is 9.51. The molecule has 4 rings (SSSR count). The lowest BCUT2D eigenvalue weighted by atomic mass is 9.91. The van der Waals surface area contributed by atoms with Crippen molar-refractivity contribution in [1.29, 1.82) is 0 Å². The molecule has 3 aromatic rings. The van der Waals surface area contributed by atoms with Gasteiger partial charge in [0.05, 0.1) is 17.9 Å². The van der Waals surface area contributed by atoms with Gasteiger partial charge in [0, 0.05) is 44.9 Å². The monoisotopic (exact) mass is 353 g/mol. The van der Waals surface area contributed by atoms with Gasteiger partial charge in [-0.2, -0.15) is 0 Å². The number of nitrogens with zero attached hydrogens (tertiary/aromatic N) is 4. The van der Waals surface area contributed by atoms with Crippen molar-refractivity contribution in [2.75, 3.05) is 13.2 Å². The smallest absolute Gasteiger partial charge is 0.139 e. The summed E-state index contributed by atoms with van der Waals surface area (Å²) in [6, 6.07) is 4.40. The number of aromatic nitrogens is 4. The summed E-state index contributed by atoms with van der Waals surface area (Å²) in [6.45, 7) is 7.64. The molecule has 0 bridgehead atoms. The number of fused-ring (bicyclic) bond motifs is 1. The number of ether oxygens (including phenoxy) is 1. The summed E-state index contributed by atoms with van der Waals surface area (Å²) >= 11 is 0. The minimum atomic E-state index is 0.226. The SMILES string of the molecule is CCn1ccnc1[C@H](NCc1cnc2c(C)cccn12)C1CCOCC1. The Balaban J connectivity index is 1.59. The Bertz CT molecular complexity index is 862. The summed E-state index contributed by atoms with van der Waals surface area (Å²) in [7, 11) is 0. The van der Waals surface area contributed by atoms with Crippen molar-refractivity contribution in [3.63, 3.8) is 0 Å². The number of nitrogens with one attached hydrogen (secondary N) is 1. The maximum atomic E-state index is 5.58. The van der Waals surface area contributed by atoms with E-state index in [-0.39, 0.29) is 6.04 Å². The zero-order valence-electron chi connectivity index (χ0n) is 15.6. The molecule has 1 N–H and O–H groups in total. The van der Waals surface area contributed by atoms with Crippen molar-refractivity contribution in [1.82, 2.24) is 24.3 Å². The van der Waals surface area contributed by atoms with E-state index in [1.807, 2.05) is 12.4 Å². The fourth-order valence-corrected chi connectivity index (χ4v) is 3.93. The van der Waals surface area contributed by atoms with Gasteiger partial charge in [0.15, 0.2) is 0 Å². The molecule has 0 spiro atoms. The van der Waals surface area contributed by atoms with E-state index in [9.17, 15) is 0 Å². The average Bonchev–Trinajstić information content (AvgIpc) is 3.31. The molecule has 0 aromatic carbocycles. The standard InChI is InChI=1S/C20H27N5O/c1-3-24-10-8-21-20(24)18(16-6-11-26-12-7-16)22-13-17-14-23-19-15(2)5-4-9-25(17)19/h4-5,8-10,14,16,18,22H,3,6-7,11-13H2,1-2H3/t18-/m1/s1. The Morgan fingerprint density at radius 1 is 1.27 bits per heavy atom. The van der Waals surface area contributed by atoms with E-state index in [2.05, 4.69) is 62.6 Å². The summed E-state index contributed by atoms with van der Waals surface area (Å²) in [5.74, 6) is 1.67. The lowest BCUT2D eigenvalue weighted by Crippen LogP contribution is -2.34. The largest absolute Gasteiger partial charge is 0.381 e. The number of hydrogen-bond donors (Lipinski definition) is 1. The van der Waals surface area contributed by atoms with Crippen molar-refractivity contribution >= 4 is 5.65 Å². The van der Waals surface area contributed by atoms with Crippen LogP contribution in [0.1, 0.15) is 42.9 Å². The van der Waals surface area contributed by atoms with Gasteiger partial charge in [0.2, 0.25) is 0 Å². The molecule has 3 aromatic heterocycles. The van der Waals surface area contributed by atoms with Gasteiger partial charge in [-0.3, -0.25) is 0 Å². The maximum absolute atomic E-state index is 5.58. The highest BCUT2D eigenvalue weighted by atomic mass is 16.5. The Hall–Kier alpha value is -2.18. The molecule has 0 amide bonds. The topological polar surface area (TPSA) is 56.4 Å². The Morgan fingerprint density at radius 2 is 2.12 bits per heavy atom. The molecular weight excluding hydrogens is 326 g/mol. The van der Waals surface area contributed by atoms with Crippen LogP contribution in [-0.4, -0.2) is 32.1 Å². The van der Waals surface area contributed by atoms with E-state index in [4.69, 9.17) is 4.74 Å². The molecule has 0 radical (unpaired) electrons. The molecule has 1 fully saturated rings. The molecule has 0 saturated carbocycles. The number of rotatable bonds is 6. The van der Waals surface area contributed by atoms with Crippen LogP contribution in [0.15, 0.2) is 36.9 Å². The van der Waals surface area contributed by atoms with Gasteiger partial charge in [-0.25, -0.2) is 9.97 Å². The molecule has 1 aliphatic rings. The molecule has 1 aliphatic heterocycles. The van der Waals surface area contributed by atoms with Gasteiger partial charge >= 0.3 is 0 Å². The summed E-state index contributed by atoms with van der Waals surface area (Å²) in [4.78, 5) is 9.26. The lowest BCUT2D eigenvalue weighted by Gasteiger charge is -2.31. The minimum Gasteiger partial charge on any atom is -0.381 e. The van der Waals surface area contributed by atoms with E-state index in [1.54, 1.807) is 0 Å².